The van der Waals surface area contributed by atoms with E-state index in [4.69, 9.17) is 32.4 Å². The fourth-order valence-electron chi connectivity index (χ4n) is 3.01. The maximum Gasteiger partial charge on any atom is 0.201 e. The molecule has 0 unspecified atom stereocenters. The number of benzene rings is 3. The fraction of sp³-hybridized carbons (Fsp3) is 0.0435. The molecule has 0 fully saturated rings. The van der Waals surface area contributed by atoms with Crippen molar-refractivity contribution in [2.75, 3.05) is 6.61 Å². The van der Waals surface area contributed by atoms with Gasteiger partial charge in [0, 0.05) is 34.3 Å². The van der Waals surface area contributed by atoms with Crippen molar-refractivity contribution >= 4 is 40.0 Å². The van der Waals surface area contributed by atoms with Gasteiger partial charge in [-0.15, -0.1) is 0 Å². The van der Waals surface area contributed by atoms with Gasteiger partial charge in [-0.1, -0.05) is 53.5 Å². The molecule has 0 aliphatic rings. The molecule has 0 saturated carbocycles. The van der Waals surface area contributed by atoms with Crippen LogP contribution in [0.15, 0.2) is 75.9 Å². The molecule has 1 aromatic heterocycles. The molecule has 0 saturated heterocycles. The van der Waals surface area contributed by atoms with Crippen molar-refractivity contribution in [1.82, 2.24) is 0 Å². The number of phenols is 1. The predicted molar refractivity (Wildman–Crippen MR) is 116 cm³/mol. The lowest BCUT2D eigenvalue weighted by Gasteiger charge is -2.10. The third kappa shape index (κ3) is 4.03. The first-order valence-corrected chi connectivity index (χ1v) is 9.65. The van der Waals surface area contributed by atoms with E-state index in [9.17, 15) is 14.7 Å². The Morgan fingerprint density at radius 3 is 2.50 bits per heavy atom. The lowest BCUT2D eigenvalue weighted by molar-refractivity contribution is 0.0921. The van der Waals surface area contributed by atoms with Gasteiger partial charge in [-0.25, -0.2) is 0 Å². The zero-order valence-electron chi connectivity index (χ0n) is 15.4. The van der Waals surface area contributed by atoms with Gasteiger partial charge in [0.1, 0.15) is 28.2 Å². The van der Waals surface area contributed by atoms with E-state index in [-0.39, 0.29) is 50.9 Å². The second-order valence-electron chi connectivity index (χ2n) is 6.49. The molecule has 4 aromatic rings. The van der Waals surface area contributed by atoms with E-state index < -0.39 is 0 Å². The average Bonchev–Trinajstić information content (AvgIpc) is 2.72. The predicted octanol–water partition coefficient (Wildman–Crippen LogP) is 5.73. The van der Waals surface area contributed by atoms with Crippen molar-refractivity contribution in [3.8, 4) is 22.8 Å². The number of ether oxygens (including phenoxy) is 1. The monoisotopic (exact) mass is 440 g/mol. The summed E-state index contributed by atoms with van der Waals surface area (Å²) in [6.07, 6.45) is 0. The quantitative estimate of drug-likeness (QED) is 0.400. The van der Waals surface area contributed by atoms with Gasteiger partial charge in [-0.3, -0.25) is 9.59 Å². The first kappa shape index (κ1) is 20.0. The molecule has 30 heavy (non-hydrogen) atoms. The first-order valence-electron chi connectivity index (χ1n) is 8.90. The molecule has 0 amide bonds. The smallest absolute Gasteiger partial charge is 0.201 e. The molecule has 7 heteroatoms. The Kier molecular flexibility index (Phi) is 5.48. The molecule has 0 atom stereocenters. The number of rotatable bonds is 5. The van der Waals surface area contributed by atoms with Gasteiger partial charge >= 0.3 is 0 Å². The second-order valence-corrected chi connectivity index (χ2v) is 7.34. The highest BCUT2D eigenvalue weighted by Gasteiger charge is 2.15. The molecular weight excluding hydrogens is 427 g/mol. The number of hydrogen-bond acceptors (Lipinski definition) is 5. The van der Waals surface area contributed by atoms with Gasteiger partial charge in [0.25, 0.3) is 0 Å². The van der Waals surface area contributed by atoms with Gasteiger partial charge in [0.2, 0.25) is 5.78 Å². The van der Waals surface area contributed by atoms with Gasteiger partial charge in [-0.2, -0.15) is 0 Å². The SMILES string of the molecule is O=C(COc1cc(O)c2c(=O)cc(-c3ccccc3)oc2c1)c1ccc(Cl)cc1Cl. The number of Topliss-reactive ketones (excluding diaryl/α,β-unsaturated/α-hetero) is 1. The van der Waals surface area contributed by atoms with Crippen molar-refractivity contribution in [1.29, 1.82) is 0 Å². The summed E-state index contributed by atoms with van der Waals surface area (Å²) in [5.41, 5.74) is 0.746. The highest BCUT2D eigenvalue weighted by Crippen LogP contribution is 2.31. The van der Waals surface area contributed by atoms with E-state index in [1.807, 2.05) is 18.2 Å². The van der Waals surface area contributed by atoms with E-state index in [1.54, 1.807) is 18.2 Å². The lowest BCUT2D eigenvalue weighted by atomic mass is 10.1. The van der Waals surface area contributed by atoms with Crippen molar-refractivity contribution < 1.29 is 19.1 Å². The minimum Gasteiger partial charge on any atom is -0.507 e. The number of carbonyl (C=O) groups excluding carboxylic acids is 1. The highest BCUT2D eigenvalue weighted by molar-refractivity contribution is 6.36. The minimum absolute atomic E-state index is 0.0362. The van der Waals surface area contributed by atoms with Crippen LogP contribution in [0.5, 0.6) is 11.5 Å². The summed E-state index contributed by atoms with van der Waals surface area (Å²) in [6, 6.07) is 17.7. The van der Waals surface area contributed by atoms with Crippen LogP contribution in [0.1, 0.15) is 10.4 Å². The van der Waals surface area contributed by atoms with Gasteiger partial charge < -0.3 is 14.3 Å². The first-order chi connectivity index (χ1) is 14.4. The van der Waals surface area contributed by atoms with Crippen LogP contribution in [0.3, 0.4) is 0 Å². The third-order valence-corrected chi connectivity index (χ3v) is 4.99. The number of aromatic hydroxyl groups is 1. The highest BCUT2D eigenvalue weighted by atomic mass is 35.5. The Morgan fingerprint density at radius 1 is 1.00 bits per heavy atom. The Hall–Kier alpha value is -3.28. The third-order valence-electron chi connectivity index (χ3n) is 4.44. The van der Waals surface area contributed by atoms with Crippen LogP contribution in [0.4, 0.5) is 0 Å². The van der Waals surface area contributed by atoms with Crippen LogP contribution in [0.25, 0.3) is 22.3 Å². The molecular formula is C23H14Cl2O5. The lowest BCUT2D eigenvalue weighted by Crippen LogP contribution is -2.12. The summed E-state index contributed by atoms with van der Waals surface area (Å²) < 4.78 is 11.3. The van der Waals surface area contributed by atoms with Crippen LogP contribution in [0, 0.1) is 0 Å². The Morgan fingerprint density at radius 2 is 1.77 bits per heavy atom. The normalized spacial score (nSPS) is 10.9. The molecule has 0 spiro atoms. The zero-order chi connectivity index (χ0) is 21.3. The van der Waals surface area contributed by atoms with Crippen molar-refractivity contribution in [2.45, 2.75) is 0 Å². The molecule has 5 nitrogen and oxygen atoms in total. The van der Waals surface area contributed by atoms with Gasteiger partial charge in [0.15, 0.2) is 12.0 Å². The van der Waals surface area contributed by atoms with Crippen molar-refractivity contribution in [3.05, 3.63) is 92.6 Å². The summed E-state index contributed by atoms with van der Waals surface area (Å²) in [5.74, 6) is -0.135. The molecule has 0 aliphatic heterocycles. The van der Waals surface area contributed by atoms with E-state index in [0.29, 0.717) is 10.8 Å². The van der Waals surface area contributed by atoms with Crippen LogP contribution in [-0.4, -0.2) is 17.5 Å². The molecule has 1 heterocycles. The van der Waals surface area contributed by atoms with Crippen molar-refractivity contribution in [2.24, 2.45) is 0 Å². The number of fused-ring (bicyclic) bond motifs is 1. The number of halogens is 2. The maximum atomic E-state index is 12.5. The second kappa shape index (κ2) is 8.22. The minimum atomic E-state index is -0.386. The Labute approximate surface area is 181 Å². The topological polar surface area (TPSA) is 76.7 Å². The maximum absolute atomic E-state index is 12.5. The zero-order valence-corrected chi connectivity index (χ0v) is 16.9. The van der Waals surface area contributed by atoms with Crippen molar-refractivity contribution in [3.63, 3.8) is 0 Å². The molecule has 0 radical (unpaired) electrons. The van der Waals surface area contributed by atoms with Gasteiger partial charge in [-0.05, 0) is 18.2 Å². The summed E-state index contributed by atoms with van der Waals surface area (Å²) in [7, 11) is 0. The largest absolute Gasteiger partial charge is 0.507 e. The summed E-state index contributed by atoms with van der Waals surface area (Å²) >= 11 is 11.9. The number of hydrogen-bond donors (Lipinski definition) is 1. The standard InChI is InChI=1S/C23H14Cl2O5/c24-14-6-7-16(17(25)8-14)20(28)12-29-15-9-18(26)23-19(27)11-21(30-22(23)10-15)13-4-2-1-3-5-13/h1-11,26H,12H2. The van der Waals surface area contributed by atoms with Gasteiger partial charge in [0.05, 0.1) is 5.02 Å². The average molecular weight is 441 g/mol. The molecule has 0 aliphatic carbocycles. The summed E-state index contributed by atoms with van der Waals surface area (Å²) in [4.78, 5) is 24.9. The van der Waals surface area contributed by atoms with E-state index in [2.05, 4.69) is 0 Å². The fourth-order valence-corrected chi connectivity index (χ4v) is 3.53. The van der Waals surface area contributed by atoms with E-state index in [0.717, 1.165) is 5.56 Å². The molecule has 1 N–H and O–H groups in total. The molecule has 150 valence electrons. The Balaban J connectivity index is 1.65. The van der Waals surface area contributed by atoms with Crippen LogP contribution < -0.4 is 10.2 Å². The molecule has 0 bridgehead atoms. The number of ketones is 1. The van der Waals surface area contributed by atoms with E-state index in [1.165, 1.54) is 30.3 Å². The number of phenolic OH excluding ortho intramolecular Hbond substituents is 1. The summed E-state index contributed by atoms with van der Waals surface area (Å²) in [5, 5.41) is 11.0. The Bertz CT molecular complexity index is 1310. The van der Waals surface area contributed by atoms with E-state index >= 15 is 0 Å². The molecule has 4 rings (SSSR count). The summed E-state index contributed by atoms with van der Waals surface area (Å²) in [6.45, 7) is -0.324. The molecule has 3 aromatic carbocycles. The van der Waals surface area contributed by atoms with Crippen LogP contribution in [-0.2, 0) is 0 Å². The van der Waals surface area contributed by atoms with Crippen LogP contribution >= 0.6 is 23.2 Å². The van der Waals surface area contributed by atoms with Crippen LogP contribution in [0.2, 0.25) is 10.0 Å². The number of carbonyl (C=O) groups is 1.